The van der Waals surface area contributed by atoms with Crippen LogP contribution in [-0.2, 0) is 16.0 Å². The molecule has 1 fully saturated rings. The van der Waals surface area contributed by atoms with E-state index in [1.807, 2.05) is 47.8 Å². The Morgan fingerprint density at radius 3 is 2.64 bits per heavy atom. The smallest absolute Gasteiger partial charge is 0.293 e. The van der Waals surface area contributed by atoms with Crippen LogP contribution in [0.4, 0.5) is 4.79 Å². The summed E-state index contributed by atoms with van der Waals surface area (Å²) in [7, 11) is 0. The molecule has 0 radical (unpaired) electrons. The molecule has 3 amide bonds. The third-order valence-electron chi connectivity index (χ3n) is 3.54. The average molecular weight is 372 g/mol. The van der Waals surface area contributed by atoms with Crippen LogP contribution in [-0.4, -0.2) is 35.0 Å². The summed E-state index contributed by atoms with van der Waals surface area (Å²) in [5, 5.41) is 4.36. The Labute approximate surface area is 153 Å². The summed E-state index contributed by atoms with van der Waals surface area (Å²) in [6.45, 7) is 0.424. The van der Waals surface area contributed by atoms with E-state index in [1.165, 1.54) is 16.2 Å². The summed E-state index contributed by atoms with van der Waals surface area (Å²) in [6, 6.07) is 13.2. The molecule has 2 aromatic rings. The minimum atomic E-state index is -0.314. The molecule has 0 atom stereocenters. The maximum Gasteiger partial charge on any atom is 0.293 e. The lowest BCUT2D eigenvalue weighted by atomic mass is 10.2. The summed E-state index contributed by atoms with van der Waals surface area (Å²) in [4.78, 5) is 38.8. The zero-order valence-electron chi connectivity index (χ0n) is 13.3. The van der Waals surface area contributed by atoms with Crippen molar-refractivity contribution in [1.29, 1.82) is 0 Å². The number of amides is 3. The molecule has 25 heavy (non-hydrogen) atoms. The number of thiophene rings is 1. The van der Waals surface area contributed by atoms with Gasteiger partial charge in [0, 0.05) is 18.0 Å². The van der Waals surface area contributed by atoms with Crippen LogP contribution in [0.1, 0.15) is 10.4 Å². The Kier molecular flexibility index (Phi) is 5.67. The van der Waals surface area contributed by atoms with Crippen molar-refractivity contribution in [2.75, 3.05) is 13.1 Å². The van der Waals surface area contributed by atoms with Crippen LogP contribution in [0, 0.1) is 0 Å². The Bertz CT molecular complexity index is 801. The van der Waals surface area contributed by atoms with Crippen LogP contribution in [0.2, 0.25) is 0 Å². The second-order valence-electron chi connectivity index (χ2n) is 5.35. The number of imide groups is 1. The summed E-state index contributed by atoms with van der Waals surface area (Å²) in [5.74, 6) is -0.430. The Hall–Kier alpha value is -2.38. The maximum atomic E-state index is 12.4. The first-order valence-electron chi connectivity index (χ1n) is 7.73. The summed E-state index contributed by atoms with van der Waals surface area (Å²) >= 11 is 2.45. The fourth-order valence-electron chi connectivity index (χ4n) is 2.33. The standard InChI is InChI=1S/C18H16N2O3S2/c21-16(12-14-7-4-10-24-14)19-8-9-20-17(22)15(25-18(20)23)11-13-5-2-1-3-6-13/h1-7,10-11H,8-9,12H2,(H,19,21)/b15-11+. The van der Waals surface area contributed by atoms with Gasteiger partial charge in [-0.25, -0.2) is 0 Å². The number of hydrogen-bond acceptors (Lipinski definition) is 5. The molecule has 128 valence electrons. The first-order chi connectivity index (χ1) is 12.1. The average Bonchev–Trinajstić information content (AvgIpc) is 3.19. The van der Waals surface area contributed by atoms with Gasteiger partial charge in [0.1, 0.15) is 0 Å². The van der Waals surface area contributed by atoms with Gasteiger partial charge >= 0.3 is 0 Å². The topological polar surface area (TPSA) is 66.5 Å². The minimum absolute atomic E-state index is 0.116. The van der Waals surface area contributed by atoms with Crippen molar-refractivity contribution in [2.24, 2.45) is 0 Å². The van der Waals surface area contributed by atoms with E-state index < -0.39 is 0 Å². The molecule has 1 aliphatic rings. The van der Waals surface area contributed by atoms with Gasteiger partial charge in [0.15, 0.2) is 0 Å². The highest BCUT2D eigenvalue weighted by Gasteiger charge is 2.34. The molecule has 0 spiro atoms. The van der Waals surface area contributed by atoms with Crippen LogP contribution >= 0.6 is 23.1 Å². The predicted octanol–water partition coefficient (Wildman–Crippen LogP) is 3.14. The van der Waals surface area contributed by atoms with E-state index in [9.17, 15) is 14.4 Å². The monoisotopic (exact) mass is 372 g/mol. The Balaban J connectivity index is 1.53. The molecule has 0 saturated carbocycles. The van der Waals surface area contributed by atoms with E-state index in [4.69, 9.17) is 0 Å². The minimum Gasteiger partial charge on any atom is -0.354 e. The van der Waals surface area contributed by atoms with E-state index in [0.717, 1.165) is 22.2 Å². The van der Waals surface area contributed by atoms with Gasteiger partial charge in [-0.05, 0) is 34.8 Å². The highest BCUT2D eigenvalue weighted by molar-refractivity contribution is 8.18. The molecule has 1 aliphatic heterocycles. The molecule has 5 nitrogen and oxygen atoms in total. The number of nitrogens with zero attached hydrogens (tertiary/aromatic N) is 1. The first kappa shape index (κ1) is 17.4. The molecular formula is C18H16N2O3S2. The van der Waals surface area contributed by atoms with Crippen molar-refractivity contribution >= 4 is 46.2 Å². The largest absolute Gasteiger partial charge is 0.354 e. The van der Waals surface area contributed by atoms with Crippen molar-refractivity contribution < 1.29 is 14.4 Å². The van der Waals surface area contributed by atoms with Gasteiger partial charge in [-0.15, -0.1) is 11.3 Å². The number of thioether (sulfide) groups is 1. The molecule has 0 aliphatic carbocycles. The molecule has 1 aromatic heterocycles. The fourth-order valence-corrected chi connectivity index (χ4v) is 3.90. The summed E-state index contributed by atoms with van der Waals surface area (Å²) < 4.78 is 0. The number of rotatable bonds is 6. The zero-order valence-corrected chi connectivity index (χ0v) is 14.9. The van der Waals surface area contributed by atoms with Crippen molar-refractivity contribution in [3.8, 4) is 0 Å². The first-order valence-corrected chi connectivity index (χ1v) is 9.42. The number of hydrogen-bond donors (Lipinski definition) is 1. The maximum absolute atomic E-state index is 12.4. The third-order valence-corrected chi connectivity index (χ3v) is 5.33. The number of nitrogens with one attached hydrogen (secondary N) is 1. The Morgan fingerprint density at radius 2 is 1.92 bits per heavy atom. The second kappa shape index (κ2) is 8.13. The highest BCUT2D eigenvalue weighted by atomic mass is 32.2. The predicted molar refractivity (Wildman–Crippen MR) is 100 cm³/mol. The molecule has 1 saturated heterocycles. The van der Waals surface area contributed by atoms with Crippen molar-refractivity contribution in [2.45, 2.75) is 6.42 Å². The van der Waals surface area contributed by atoms with E-state index in [0.29, 0.717) is 11.3 Å². The van der Waals surface area contributed by atoms with Gasteiger partial charge in [-0.3, -0.25) is 19.3 Å². The zero-order chi connectivity index (χ0) is 17.6. The van der Waals surface area contributed by atoms with E-state index in [-0.39, 0.29) is 30.1 Å². The van der Waals surface area contributed by atoms with Crippen molar-refractivity contribution in [3.63, 3.8) is 0 Å². The fraction of sp³-hybridized carbons (Fsp3) is 0.167. The van der Waals surface area contributed by atoms with Gasteiger partial charge < -0.3 is 5.32 Å². The summed E-state index contributed by atoms with van der Waals surface area (Å²) in [6.07, 6.45) is 2.02. The molecule has 0 bridgehead atoms. The highest BCUT2D eigenvalue weighted by Crippen LogP contribution is 2.31. The van der Waals surface area contributed by atoms with Gasteiger partial charge in [0.05, 0.1) is 11.3 Å². The molecule has 0 unspecified atom stereocenters. The Morgan fingerprint density at radius 1 is 1.12 bits per heavy atom. The molecule has 1 aromatic carbocycles. The van der Waals surface area contributed by atoms with Gasteiger partial charge in [-0.1, -0.05) is 36.4 Å². The lowest BCUT2D eigenvalue weighted by Gasteiger charge is -2.12. The molecular weight excluding hydrogens is 356 g/mol. The molecule has 2 heterocycles. The van der Waals surface area contributed by atoms with Gasteiger partial charge in [0.25, 0.3) is 11.1 Å². The quantitative estimate of drug-likeness (QED) is 0.791. The molecule has 1 N–H and O–H groups in total. The van der Waals surface area contributed by atoms with Gasteiger partial charge in [0.2, 0.25) is 5.91 Å². The van der Waals surface area contributed by atoms with E-state index in [2.05, 4.69) is 5.32 Å². The summed E-state index contributed by atoms with van der Waals surface area (Å²) in [5.41, 5.74) is 0.872. The lowest BCUT2D eigenvalue weighted by Crippen LogP contribution is -2.37. The van der Waals surface area contributed by atoms with Crippen LogP contribution in [0.3, 0.4) is 0 Å². The van der Waals surface area contributed by atoms with E-state index in [1.54, 1.807) is 6.08 Å². The van der Waals surface area contributed by atoms with Crippen molar-refractivity contribution in [1.82, 2.24) is 10.2 Å². The number of carbonyl (C=O) groups excluding carboxylic acids is 3. The molecule has 7 heteroatoms. The van der Waals surface area contributed by atoms with Gasteiger partial charge in [-0.2, -0.15) is 0 Å². The normalized spacial score (nSPS) is 15.8. The van der Waals surface area contributed by atoms with Crippen LogP contribution in [0.15, 0.2) is 52.7 Å². The van der Waals surface area contributed by atoms with Crippen LogP contribution in [0.25, 0.3) is 6.08 Å². The molecule has 3 rings (SSSR count). The van der Waals surface area contributed by atoms with Crippen LogP contribution in [0.5, 0.6) is 0 Å². The number of carbonyl (C=O) groups is 3. The van der Waals surface area contributed by atoms with Crippen LogP contribution < -0.4 is 5.32 Å². The SMILES string of the molecule is O=C(Cc1cccs1)NCCN1C(=O)S/C(=C/c2ccccc2)C1=O. The van der Waals surface area contributed by atoms with E-state index >= 15 is 0 Å². The second-order valence-corrected chi connectivity index (χ2v) is 7.38. The van der Waals surface area contributed by atoms with Crippen molar-refractivity contribution in [3.05, 3.63) is 63.2 Å². The lowest BCUT2D eigenvalue weighted by molar-refractivity contribution is -0.124. The number of benzene rings is 1. The third kappa shape index (κ3) is 4.58.